The lowest BCUT2D eigenvalue weighted by Crippen LogP contribution is -2.20. The number of amides is 2. The zero-order valence-electron chi connectivity index (χ0n) is 10.8. The highest BCUT2D eigenvalue weighted by Gasteiger charge is 2.29. The maximum absolute atomic E-state index is 11.8. The molecule has 0 atom stereocenters. The van der Waals surface area contributed by atoms with E-state index in [-0.39, 0.29) is 11.7 Å². The summed E-state index contributed by atoms with van der Waals surface area (Å²) in [6.07, 6.45) is 0. The largest absolute Gasteiger partial charge is 0.508 e. The van der Waals surface area contributed by atoms with Crippen LogP contribution in [-0.2, 0) is 6.54 Å². The average Bonchev–Trinajstić information content (AvgIpc) is 2.76. The number of benzene rings is 2. The quantitative estimate of drug-likeness (QED) is 0.746. The molecule has 0 saturated heterocycles. The molecule has 0 spiro atoms. The summed E-state index contributed by atoms with van der Waals surface area (Å²) in [7, 11) is 0. The Kier molecular flexibility index (Phi) is 3.39. The van der Waals surface area contributed by atoms with Gasteiger partial charge in [-0.2, -0.15) is 0 Å². The number of phenols is 1. The molecule has 1 heterocycles. The van der Waals surface area contributed by atoms with Crippen molar-refractivity contribution < 1.29 is 14.7 Å². The molecule has 0 radical (unpaired) electrons. The number of rotatable bonds is 3. The van der Waals surface area contributed by atoms with Crippen molar-refractivity contribution in [1.82, 2.24) is 5.32 Å². The third-order valence-electron chi connectivity index (χ3n) is 3.27. The van der Waals surface area contributed by atoms with Crippen LogP contribution in [0.1, 0.15) is 26.3 Å². The fraction of sp³-hybridized carbons (Fsp3) is 0.0667. The van der Waals surface area contributed by atoms with Gasteiger partial charge in [-0.1, -0.05) is 22.0 Å². The molecule has 106 valence electrons. The minimum Gasteiger partial charge on any atom is -0.508 e. The molecule has 0 unspecified atom stereocenters. The first kappa shape index (κ1) is 13.6. The number of carbonyl (C=O) groups excluding carboxylic acids is 2. The van der Waals surface area contributed by atoms with Crippen LogP contribution in [0.25, 0.3) is 0 Å². The maximum Gasteiger partial charge on any atom is 0.261 e. The molecule has 0 aromatic heterocycles. The number of phenolic OH excluding ortho intramolecular Hbond substituents is 1. The number of hydrogen-bond donors (Lipinski definition) is 3. The highest BCUT2D eigenvalue weighted by atomic mass is 79.9. The summed E-state index contributed by atoms with van der Waals surface area (Å²) in [6, 6.07) is 10.2. The summed E-state index contributed by atoms with van der Waals surface area (Å²) in [5, 5.41) is 15.2. The lowest BCUT2D eigenvalue weighted by molar-refractivity contribution is 0.0880. The van der Waals surface area contributed by atoms with Gasteiger partial charge < -0.3 is 10.4 Å². The van der Waals surface area contributed by atoms with Crippen LogP contribution in [0, 0.1) is 0 Å². The Bertz CT molecular complexity index is 759. The van der Waals surface area contributed by atoms with Crippen LogP contribution in [0.5, 0.6) is 5.75 Å². The minimum atomic E-state index is -0.406. The molecule has 1 aliphatic heterocycles. The molecule has 1 aliphatic rings. The van der Waals surface area contributed by atoms with Gasteiger partial charge in [0.15, 0.2) is 0 Å². The average molecular weight is 347 g/mol. The van der Waals surface area contributed by atoms with Gasteiger partial charge in [-0.05, 0) is 30.3 Å². The minimum absolute atomic E-state index is 0.166. The van der Waals surface area contributed by atoms with E-state index >= 15 is 0 Å². The molecular weight excluding hydrogens is 336 g/mol. The molecule has 0 fully saturated rings. The lowest BCUT2D eigenvalue weighted by atomic mass is 10.1. The van der Waals surface area contributed by atoms with Crippen LogP contribution in [-0.4, -0.2) is 16.9 Å². The van der Waals surface area contributed by atoms with Crippen molar-refractivity contribution >= 4 is 33.4 Å². The van der Waals surface area contributed by atoms with E-state index in [4.69, 9.17) is 0 Å². The van der Waals surface area contributed by atoms with Gasteiger partial charge in [-0.3, -0.25) is 14.9 Å². The van der Waals surface area contributed by atoms with Gasteiger partial charge in [0.25, 0.3) is 11.8 Å². The maximum atomic E-state index is 11.8. The van der Waals surface area contributed by atoms with E-state index < -0.39 is 5.91 Å². The monoisotopic (exact) mass is 346 g/mol. The standard InChI is InChI=1S/C15H11BrN2O3/c16-9-4-5-12(19)8(6-9)7-17-11-3-1-2-10-13(11)15(21)18-14(10)20/h1-6,17,19H,7H2,(H,18,20,21). The Morgan fingerprint density at radius 2 is 1.95 bits per heavy atom. The van der Waals surface area contributed by atoms with Crippen LogP contribution >= 0.6 is 15.9 Å². The van der Waals surface area contributed by atoms with Crippen LogP contribution in [0.15, 0.2) is 40.9 Å². The first-order valence-electron chi connectivity index (χ1n) is 6.26. The summed E-state index contributed by atoms with van der Waals surface area (Å²) >= 11 is 3.34. The Morgan fingerprint density at radius 3 is 2.76 bits per heavy atom. The van der Waals surface area contributed by atoms with Crippen molar-refractivity contribution in [2.75, 3.05) is 5.32 Å². The van der Waals surface area contributed by atoms with E-state index in [1.165, 1.54) is 0 Å². The number of imide groups is 1. The molecule has 2 aromatic carbocycles. The second-order valence-electron chi connectivity index (χ2n) is 4.64. The summed E-state index contributed by atoms with van der Waals surface area (Å²) < 4.78 is 0.850. The van der Waals surface area contributed by atoms with Crippen molar-refractivity contribution in [1.29, 1.82) is 0 Å². The van der Waals surface area contributed by atoms with Gasteiger partial charge in [-0.25, -0.2) is 0 Å². The fourth-order valence-corrected chi connectivity index (χ4v) is 2.66. The Balaban J connectivity index is 1.89. The molecule has 21 heavy (non-hydrogen) atoms. The van der Waals surface area contributed by atoms with Crippen molar-refractivity contribution in [3.05, 3.63) is 57.6 Å². The van der Waals surface area contributed by atoms with Gasteiger partial charge in [0.05, 0.1) is 11.1 Å². The van der Waals surface area contributed by atoms with E-state index in [1.54, 1.807) is 36.4 Å². The molecule has 5 nitrogen and oxygen atoms in total. The van der Waals surface area contributed by atoms with E-state index in [1.807, 2.05) is 0 Å². The Hall–Kier alpha value is -2.34. The van der Waals surface area contributed by atoms with E-state index in [2.05, 4.69) is 26.6 Å². The van der Waals surface area contributed by atoms with Crippen molar-refractivity contribution in [2.45, 2.75) is 6.54 Å². The Morgan fingerprint density at radius 1 is 1.14 bits per heavy atom. The van der Waals surface area contributed by atoms with Crippen molar-refractivity contribution in [3.63, 3.8) is 0 Å². The summed E-state index contributed by atoms with van der Waals surface area (Å²) in [5.41, 5.74) is 1.96. The number of carbonyl (C=O) groups is 2. The lowest BCUT2D eigenvalue weighted by Gasteiger charge is -2.11. The second kappa shape index (κ2) is 5.21. The number of aromatic hydroxyl groups is 1. The molecule has 0 aliphatic carbocycles. The molecule has 0 bridgehead atoms. The van der Waals surface area contributed by atoms with Crippen LogP contribution in [0.4, 0.5) is 5.69 Å². The van der Waals surface area contributed by atoms with Crippen LogP contribution < -0.4 is 10.6 Å². The van der Waals surface area contributed by atoms with Gasteiger partial charge >= 0.3 is 0 Å². The van der Waals surface area contributed by atoms with E-state index in [0.717, 1.165) is 4.47 Å². The van der Waals surface area contributed by atoms with Gasteiger partial charge in [0.2, 0.25) is 0 Å². The molecular formula is C15H11BrN2O3. The fourth-order valence-electron chi connectivity index (χ4n) is 2.25. The van der Waals surface area contributed by atoms with Crippen molar-refractivity contribution in [3.8, 4) is 5.75 Å². The third-order valence-corrected chi connectivity index (χ3v) is 3.77. The number of nitrogens with one attached hydrogen (secondary N) is 2. The summed E-state index contributed by atoms with van der Waals surface area (Å²) in [4.78, 5) is 23.4. The molecule has 0 saturated carbocycles. The topological polar surface area (TPSA) is 78.4 Å². The second-order valence-corrected chi connectivity index (χ2v) is 5.55. The van der Waals surface area contributed by atoms with Gasteiger partial charge in [0.1, 0.15) is 5.75 Å². The molecule has 2 aromatic rings. The smallest absolute Gasteiger partial charge is 0.261 e. The number of fused-ring (bicyclic) bond motifs is 1. The normalized spacial score (nSPS) is 13.0. The molecule has 3 N–H and O–H groups in total. The highest BCUT2D eigenvalue weighted by molar-refractivity contribution is 9.10. The first-order chi connectivity index (χ1) is 10.1. The number of halogens is 1. The predicted octanol–water partition coefficient (Wildman–Crippen LogP) is 2.65. The molecule has 3 rings (SSSR count). The Labute approximate surface area is 129 Å². The van der Waals surface area contributed by atoms with Crippen LogP contribution in [0.3, 0.4) is 0 Å². The molecule has 2 amide bonds. The molecule has 6 heteroatoms. The first-order valence-corrected chi connectivity index (χ1v) is 7.05. The predicted molar refractivity (Wildman–Crippen MR) is 81.4 cm³/mol. The summed E-state index contributed by atoms with van der Waals surface area (Å²) in [6.45, 7) is 0.337. The SMILES string of the molecule is O=C1NC(=O)c2c(NCc3cc(Br)ccc3O)cccc21. The number of hydrogen-bond acceptors (Lipinski definition) is 4. The van der Waals surface area contributed by atoms with Crippen molar-refractivity contribution in [2.24, 2.45) is 0 Å². The summed E-state index contributed by atoms with van der Waals surface area (Å²) in [5.74, 6) is -0.626. The highest BCUT2D eigenvalue weighted by Crippen LogP contribution is 2.27. The van der Waals surface area contributed by atoms with E-state index in [0.29, 0.717) is 28.9 Å². The zero-order valence-corrected chi connectivity index (χ0v) is 12.4. The zero-order chi connectivity index (χ0) is 15.0. The van der Waals surface area contributed by atoms with Gasteiger partial charge in [0, 0.05) is 22.3 Å². The van der Waals surface area contributed by atoms with Crippen LogP contribution in [0.2, 0.25) is 0 Å². The van der Waals surface area contributed by atoms with E-state index in [9.17, 15) is 14.7 Å². The van der Waals surface area contributed by atoms with Gasteiger partial charge in [-0.15, -0.1) is 0 Å². The number of anilines is 1. The third kappa shape index (κ3) is 2.50.